The van der Waals surface area contributed by atoms with Crippen LogP contribution in [0.1, 0.15) is 39.5 Å². The summed E-state index contributed by atoms with van der Waals surface area (Å²) in [6.07, 6.45) is 5.07. The molecule has 1 N–H and O–H groups in total. The molecular weight excluding hydrogens is 180 g/mol. The second-order valence-corrected chi connectivity index (χ2v) is 4.74. The third-order valence-corrected chi connectivity index (χ3v) is 3.35. The van der Waals surface area contributed by atoms with Gasteiger partial charge in [0.05, 0.1) is 6.54 Å². The minimum Gasteiger partial charge on any atom is -0.365 e. The lowest BCUT2D eigenvalue weighted by atomic mass is 10.2. The fourth-order valence-electron chi connectivity index (χ4n) is 1.36. The smallest absolute Gasteiger partial charge is 0.156 e. The van der Waals surface area contributed by atoms with Crippen LogP contribution in [0.2, 0.25) is 0 Å². The van der Waals surface area contributed by atoms with Crippen molar-refractivity contribution in [3.05, 3.63) is 0 Å². The Bertz CT molecular complexity index is 168. The number of thioether (sulfide) groups is 1. The Balaban J connectivity index is 2.09. The Labute approximate surface area is 85.6 Å². The first-order valence-electron chi connectivity index (χ1n) is 5.31. The Kier molecular flexibility index (Phi) is 5.28. The zero-order chi connectivity index (χ0) is 9.52. The second kappa shape index (κ2) is 6.30. The van der Waals surface area contributed by atoms with Crippen molar-refractivity contribution in [1.82, 2.24) is 5.32 Å². The number of rotatable bonds is 5. The number of nitrogens with one attached hydrogen (secondary N) is 1. The first-order chi connectivity index (χ1) is 6.36. The third kappa shape index (κ3) is 4.03. The molecule has 0 spiro atoms. The quantitative estimate of drug-likeness (QED) is 0.690. The molecule has 1 rings (SSSR count). The van der Waals surface area contributed by atoms with E-state index in [2.05, 4.69) is 24.2 Å². The topological polar surface area (TPSA) is 24.4 Å². The van der Waals surface area contributed by atoms with Gasteiger partial charge in [-0.25, -0.2) is 0 Å². The van der Waals surface area contributed by atoms with Crippen LogP contribution in [0.25, 0.3) is 0 Å². The molecule has 3 heteroatoms. The number of hydrogen-bond donors (Lipinski definition) is 1. The average Bonchev–Trinajstić information content (AvgIpc) is 2.54. The first-order valence-corrected chi connectivity index (χ1v) is 6.19. The van der Waals surface area contributed by atoms with E-state index < -0.39 is 0 Å². The summed E-state index contributed by atoms with van der Waals surface area (Å²) < 4.78 is 0. The fourth-order valence-corrected chi connectivity index (χ4v) is 2.51. The maximum absolute atomic E-state index is 4.48. The van der Waals surface area contributed by atoms with Crippen LogP contribution in [-0.4, -0.2) is 23.5 Å². The normalized spacial score (nSPS) is 21.7. The molecule has 2 nitrogen and oxygen atoms in total. The van der Waals surface area contributed by atoms with E-state index in [1.807, 2.05) is 11.8 Å². The van der Waals surface area contributed by atoms with Crippen LogP contribution in [0.15, 0.2) is 4.99 Å². The largest absolute Gasteiger partial charge is 0.365 e. The van der Waals surface area contributed by atoms with Gasteiger partial charge in [-0.05, 0) is 12.8 Å². The molecule has 0 aromatic rings. The lowest BCUT2D eigenvalue weighted by molar-refractivity contribution is 0.748. The van der Waals surface area contributed by atoms with Crippen molar-refractivity contribution in [1.29, 1.82) is 0 Å². The highest BCUT2D eigenvalue weighted by Crippen LogP contribution is 2.23. The molecule has 0 aromatic heterocycles. The zero-order valence-electron chi connectivity index (χ0n) is 8.68. The lowest BCUT2D eigenvalue weighted by Gasteiger charge is -2.06. The van der Waals surface area contributed by atoms with Crippen LogP contribution in [0.4, 0.5) is 0 Å². The van der Waals surface area contributed by atoms with Crippen LogP contribution < -0.4 is 5.32 Å². The molecule has 1 aliphatic heterocycles. The molecule has 1 atom stereocenters. The number of hydrogen-bond acceptors (Lipinski definition) is 3. The summed E-state index contributed by atoms with van der Waals surface area (Å²) in [4.78, 5) is 4.48. The van der Waals surface area contributed by atoms with Crippen molar-refractivity contribution < 1.29 is 0 Å². The lowest BCUT2D eigenvalue weighted by Crippen LogP contribution is -2.20. The third-order valence-electron chi connectivity index (χ3n) is 2.13. The minimum absolute atomic E-state index is 0.745. The van der Waals surface area contributed by atoms with E-state index in [1.165, 1.54) is 30.9 Å². The van der Waals surface area contributed by atoms with Crippen molar-refractivity contribution in [2.45, 2.75) is 44.8 Å². The number of aliphatic imine (C=N–C) groups is 1. The van der Waals surface area contributed by atoms with Gasteiger partial charge in [-0.15, -0.1) is 0 Å². The molecule has 0 fully saturated rings. The van der Waals surface area contributed by atoms with E-state index >= 15 is 0 Å². The molecule has 0 saturated heterocycles. The summed E-state index contributed by atoms with van der Waals surface area (Å²) in [7, 11) is 0. The van der Waals surface area contributed by atoms with Crippen molar-refractivity contribution >= 4 is 16.9 Å². The van der Waals surface area contributed by atoms with Crippen LogP contribution in [-0.2, 0) is 0 Å². The Morgan fingerprint density at radius 1 is 1.46 bits per heavy atom. The van der Waals surface area contributed by atoms with Crippen molar-refractivity contribution in [2.24, 2.45) is 4.99 Å². The van der Waals surface area contributed by atoms with E-state index in [9.17, 15) is 0 Å². The van der Waals surface area contributed by atoms with Crippen molar-refractivity contribution in [3.63, 3.8) is 0 Å². The summed E-state index contributed by atoms with van der Waals surface area (Å²) in [5.41, 5.74) is 0. The molecule has 0 radical (unpaired) electrons. The molecular formula is C10H20N2S. The number of nitrogens with zero attached hydrogens (tertiary/aromatic N) is 1. The fraction of sp³-hybridized carbons (Fsp3) is 0.900. The standard InChI is InChI=1S/C10H20N2S/c1-3-5-7-11-10-12-8-9(13-10)6-4-2/h9H,3-8H2,1-2H3,(H,11,12). The van der Waals surface area contributed by atoms with Crippen molar-refractivity contribution in [3.8, 4) is 0 Å². The zero-order valence-corrected chi connectivity index (χ0v) is 9.49. The monoisotopic (exact) mass is 200 g/mol. The second-order valence-electron chi connectivity index (χ2n) is 3.45. The van der Waals surface area contributed by atoms with Crippen LogP contribution in [0.3, 0.4) is 0 Å². The Morgan fingerprint density at radius 2 is 2.31 bits per heavy atom. The predicted octanol–water partition coefficient (Wildman–Crippen LogP) is 2.65. The van der Waals surface area contributed by atoms with E-state index in [-0.39, 0.29) is 0 Å². The molecule has 13 heavy (non-hydrogen) atoms. The highest BCUT2D eigenvalue weighted by Gasteiger charge is 2.17. The van der Waals surface area contributed by atoms with Gasteiger partial charge in [-0.3, -0.25) is 4.99 Å². The molecule has 0 aliphatic carbocycles. The molecule has 1 heterocycles. The average molecular weight is 200 g/mol. The van der Waals surface area contributed by atoms with Gasteiger partial charge in [-0.1, -0.05) is 38.5 Å². The summed E-state index contributed by atoms with van der Waals surface area (Å²) >= 11 is 1.92. The van der Waals surface area contributed by atoms with Crippen molar-refractivity contribution in [2.75, 3.05) is 13.1 Å². The number of amidine groups is 1. The highest BCUT2D eigenvalue weighted by molar-refractivity contribution is 8.14. The predicted molar refractivity (Wildman–Crippen MR) is 61.5 cm³/mol. The maximum Gasteiger partial charge on any atom is 0.156 e. The molecule has 0 amide bonds. The Hall–Kier alpha value is -0.180. The van der Waals surface area contributed by atoms with Crippen LogP contribution in [0, 0.1) is 0 Å². The van der Waals surface area contributed by atoms with E-state index in [0.717, 1.165) is 18.3 Å². The first kappa shape index (κ1) is 10.9. The molecule has 76 valence electrons. The molecule has 0 aromatic carbocycles. The van der Waals surface area contributed by atoms with Gasteiger partial charge < -0.3 is 5.32 Å². The maximum atomic E-state index is 4.48. The van der Waals surface area contributed by atoms with E-state index in [1.54, 1.807) is 0 Å². The van der Waals surface area contributed by atoms with Gasteiger partial charge in [0.2, 0.25) is 0 Å². The van der Waals surface area contributed by atoms with Crippen LogP contribution in [0.5, 0.6) is 0 Å². The molecule has 1 aliphatic rings. The van der Waals surface area contributed by atoms with E-state index in [4.69, 9.17) is 0 Å². The molecule has 0 bridgehead atoms. The van der Waals surface area contributed by atoms with Gasteiger partial charge in [-0.2, -0.15) is 0 Å². The van der Waals surface area contributed by atoms with Gasteiger partial charge in [0.25, 0.3) is 0 Å². The molecule has 0 saturated carbocycles. The van der Waals surface area contributed by atoms with Gasteiger partial charge in [0, 0.05) is 11.8 Å². The summed E-state index contributed by atoms with van der Waals surface area (Å²) in [6, 6.07) is 0. The minimum atomic E-state index is 0.745. The van der Waals surface area contributed by atoms with Gasteiger partial charge in [0.15, 0.2) is 5.17 Å². The van der Waals surface area contributed by atoms with Gasteiger partial charge in [0.1, 0.15) is 0 Å². The van der Waals surface area contributed by atoms with E-state index in [0.29, 0.717) is 0 Å². The summed E-state index contributed by atoms with van der Waals surface area (Å²) in [5.74, 6) is 0. The summed E-state index contributed by atoms with van der Waals surface area (Å²) in [6.45, 7) is 6.56. The SMILES string of the molecule is CCCCNC1=NCC(CCC)S1. The van der Waals surface area contributed by atoms with Crippen LogP contribution >= 0.6 is 11.8 Å². The number of unbranched alkanes of at least 4 members (excludes halogenated alkanes) is 1. The highest BCUT2D eigenvalue weighted by atomic mass is 32.2. The summed E-state index contributed by atoms with van der Waals surface area (Å²) in [5, 5.41) is 5.30. The Morgan fingerprint density at radius 3 is 3.00 bits per heavy atom. The molecule has 1 unspecified atom stereocenters. The van der Waals surface area contributed by atoms with Gasteiger partial charge >= 0.3 is 0 Å².